The number of fused-ring (bicyclic) bond motifs is 1. The van der Waals surface area contributed by atoms with Crippen LogP contribution in [0.15, 0.2) is 12.5 Å². The number of carbonyl (C=O) groups is 2. The van der Waals surface area contributed by atoms with Gasteiger partial charge in [-0.15, -0.1) is 0 Å². The summed E-state index contributed by atoms with van der Waals surface area (Å²) in [7, 11) is 1.90. The highest BCUT2D eigenvalue weighted by atomic mass is 16.5. The summed E-state index contributed by atoms with van der Waals surface area (Å²) in [5.41, 5.74) is 3.15. The number of nitrogens with one attached hydrogen (secondary N) is 1. The molecular formula is C22H30N8O4. The molecule has 1 aliphatic rings. The van der Waals surface area contributed by atoms with Gasteiger partial charge in [0.25, 0.3) is 0 Å². The minimum absolute atomic E-state index is 0.253. The molecular weight excluding hydrogens is 440 g/mol. The van der Waals surface area contributed by atoms with Crippen molar-refractivity contribution in [3.63, 3.8) is 0 Å². The van der Waals surface area contributed by atoms with Crippen molar-refractivity contribution in [2.24, 2.45) is 7.05 Å². The highest BCUT2D eigenvalue weighted by Gasteiger charge is 2.31. The molecule has 1 saturated heterocycles. The van der Waals surface area contributed by atoms with Crippen LogP contribution in [0.4, 0.5) is 4.79 Å². The van der Waals surface area contributed by atoms with Crippen molar-refractivity contribution in [1.29, 1.82) is 0 Å². The van der Waals surface area contributed by atoms with Gasteiger partial charge in [-0.3, -0.25) is 4.68 Å². The van der Waals surface area contributed by atoms with Crippen molar-refractivity contribution in [1.82, 2.24) is 39.5 Å². The number of esters is 1. The van der Waals surface area contributed by atoms with Crippen LogP contribution in [0.3, 0.4) is 0 Å². The van der Waals surface area contributed by atoms with E-state index < -0.39 is 12.0 Å². The summed E-state index contributed by atoms with van der Waals surface area (Å²) < 4.78 is 14.9. The smallest absolute Gasteiger partial charge is 0.328 e. The minimum Gasteiger partial charge on any atom is -0.471 e. The van der Waals surface area contributed by atoms with E-state index in [9.17, 15) is 9.59 Å². The van der Waals surface area contributed by atoms with E-state index in [1.54, 1.807) is 24.9 Å². The SMILES string of the molecule is CCOC(=O)[C@H](C)NC(=O)N1CC[C@H](Oc2ncnc3c2nc(-c2cnn(CC)c2C)n3C)C1. The summed E-state index contributed by atoms with van der Waals surface area (Å²) in [4.78, 5) is 39.4. The second-order valence-electron chi connectivity index (χ2n) is 8.20. The standard InChI is InChI=1S/C22H30N8O4/c1-6-30-14(4)16(10-25-30)18-27-17-19(28(18)5)23-12-24-20(17)34-15-8-9-29(11-15)22(32)26-13(3)21(31)33-7-2/h10,12-13,15H,6-9,11H2,1-5H3,(H,26,32)/t13-,15-/m0/s1. The molecule has 0 radical (unpaired) electrons. The number of nitrogens with zero attached hydrogens (tertiary/aromatic N) is 7. The molecule has 12 nitrogen and oxygen atoms in total. The molecule has 4 heterocycles. The van der Waals surface area contributed by atoms with Crippen LogP contribution in [0.2, 0.25) is 0 Å². The van der Waals surface area contributed by atoms with Crippen LogP contribution in [0.1, 0.15) is 32.9 Å². The number of aryl methyl sites for hydroxylation is 2. The first-order valence-electron chi connectivity index (χ1n) is 11.4. The number of rotatable bonds is 7. The fraction of sp³-hybridized carbons (Fsp3) is 0.545. The molecule has 0 spiro atoms. The zero-order valence-corrected chi connectivity index (χ0v) is 20.1. The molecule has 2 atom stereocenters. The monoisotopic (exact) mass is 470 g/mol. The van der Waals surface area contributed by atoms with Crippen LogP contribution in [0.5, 0.6) is 5.88 Å². The first kappa shape index (κ1) is 23.5. The Balaban J connectivity index is 1.48. The molecule has 12 heteroatoms. The van der Waals surface area contributed by atoms with Crippen LogP contribution in [-0.4, -0.2) is 78.0 Å². The van der Waals surface area contributed by atoms with Crippen LogP contribution < -0.4 is 10.1 Å². The second kappa shape index (κ2) is 9.65. The number of amides is 2. The zero-order valence-electron chi connectivity index (χ0n) is 20.1. The number of urea groups is 1. The maximum Gasteiger partial charge on any atom is 0.328 e. The molecule has 34 heavy (non-hydrogen) atoms. The quantitative estimate of drug-likeness (QED) is 0.516. The molecule has 2 amide bonds. The van der Waals surface area contributed by atoms with E-state index in [4.69, 9.17) is 14.5 Å². The Hall–Kier alpha value is -3.70. The van der Waals surface area contributed by atoms with E-state index >= 15 is 0 Å². The molecule has 0 aromatic carbocycles. The first-order chi connectivity index (χ1) is 16.3. The molecule has 0 bridgehead atoms. The molecule has 1 N–H and O–H groups in total. The first-order valence-corrected chi connectivity index (χ1v) is 11.4. The maximum atomic E-state index is 12.5. The summed E-state index contributed by atoms with van der Waals surface area (Å²) in [6, 6.07) is -1.05. The molecule has 1 aliphatic heterocycles. The van der Waals surface area contributed by atoms with Crippen LogP contribution in [0, 0.1) is 6.92 Å². The number of imidazole rings is 1. The summed E-state index contributed by atoms with van der Waals surface area (Å²) in [6.45, 7) is 9.28. The number of carbonyl (C=O) groups excluding carboxylic acids is 2. The molecule has 3 aromatic rings. The zero-order chi connectivity index (χ0) is 24.4. The van der Waals surface area contributed by atoms with E-state index in [1.165, 1.54) is 6.33 Å². The molecule has 0 saturated carbocycles. The van der Waals surface area contributed by atoms with Gasteiger partial charge in [-0.1, -0.05) is 0 Å². The number of hydrogen-bond acceptors (Lipinski definition) is 8. The topological polar surface area (TPSA) is 129 Å². The van der Waals surface area contributed by atoms with Gasteiger partial charge in [0.05, 0.1) is 24.9 Å². The number of likely N-dealkylation sites (tertiary alicyclic amines) is 1. The van der Waals surface area contributed by atoms with Crippen molar-refractivity contribution >= 4 is 23.2 Å². The largest absolute Gasteiger partial charge is 0.471 e. The highest BCUT2D eigenvalue weighted by Crippen LogP contribution is 2.29. The Kier molecular flexibility index (Phi) is 6.66. The van der Waals surface area contributed by atoms with Crippen molar-refractivity contribution in [2.75, 3.05) is 19.7 Å². The van der Waals surface area contributed by atoms with Gasteiger partial charge in [-0.25, -0.2) is 19.6 Å². The molecule has 0 unspecified atom stereocenters. The summed E-state index contributed by atoms with van der Waals surface area (Å²) in [5, 5.41) is 7.09. The fourth-order valence-electron chi connectivity index (χ4n) is 4.06. The Morgan fingerprint density at radius 2 is 2.09 bits per heavy atom. The third kappa shape index (κ3) is 4.39. The number of ether oxygens (including phenoxy) is 2. The lowest BCUT2D eigenvalue weighted by Gasteiger charge is -2.20. The van der Waals surface area contributed by atoms with E-state index in [0.717, 1.165) is 23.6 Å². The lowest BCUT2D eigenvalue weighted by Crippen LogP contribution is -2.46. The highest BCUT2D eigenvalue weighted by molar-refractivity contribution is 5.83. The van der Waals surface area contributed by atoms with Gasteiger partial charge in [0, 0.05) is 32.3 Å². The minimum atomic E-state index is -0.721. The lowest BCUT2D eigenvalue weighted by atomic mass is 10.2. The Morgan fingerprint density at radius 3 is 2.79 bits per heavy atom. The number of aromatic nitrogens is 6. The van der Waals surface area contributed by atoms with Crippen molar-refractivity contribution in [2.45, 2.75) is 52.8 Å². The van der Waals surface area contributed by atoms with E-state index in [0.29, 0.717) is 36.6 Å². The third-order valence-corrected chi connectivity index (χ3v) is 5.96. The maximum absolute atomic E-state index is 12.5. The van der Waals surface area contributed by atoms with E-state index in [2.05, 4.69) is 20.4 Å². The average Bonchev–Trinajstić information content (AvgIpc) is 3.52. The fourth-order valence-corrected chi connectivity index (χ4v) is 4.06. The van der Waals surface area contributed by atoms with Gasteiger partial charge < -0.3 is 24.3 Å². The molecule has 182 valence electrons. The Morgan fingerprint density at radius 1 is 1.29 bits per heavy atom. The molecule has 3 aromatic heterocycles. The van der Waals surface area contributed by atoms with Gasteiger partial charge in [0.2, 0.25) is 5.88 Å². The second-order valence-corrected chi connectivity index (χ2v) is 8.20. The van der Waals surface area contributed by atoms with Crippen LogP contribution >= 0.6 is 0 Å². The molecule has 1 fully saturated rings. The van der Waals surface area contributed by atoms with Crippen molar-refractivity contribution in [3.8, 4) is 17.3 Å². The van der Waals surface area contributed by atoms with E-state index in [1.807, 2.05) is 30.1 Å². The summed E-state index contributed by atoms with van der Waals surface area (Å²) in [5.74, 6) is 0.648. The van der Waals surface area contributed by atoms with Crippen molar-refractivity contribution in [3.05, 3.63) is 18.2 Å². The van der Waals surface area contributed by atoms with Gasteiger partial charge in [0.1, 0.15) is 24.3 Å². The van der Waals surface area contributed by atoms with Crippen molar-refractivity contribution < 1.29 is 19.1 Å². The van der Waals surface area contributed by atoms with Gasteiger partial charge in [-0.05, 0) is 27.7 Å². The third-order valence-electron chi connectivity index (χ3n) is 5.96. The van der Waals surface area contributed by atoms with E-state index in [-0.39, 0.29) is 18.7 Å². The average molecular weight is 471 g/mol. The van der Waals surface area contributed by atoms with Crippen LogP contribution in [0.25, 0.3) is 22.6 Å². The summed E-state index contributed by atoms with van der Waals surface area (Å²) in [6.07, 6.45) is 3.64. The van der Waals surface area contributed by atoms with Gasteiger partial charge in [-0.2, -0.15) is 10.1 Å². The van der Waals surface area contributed by atoms with Crippen LogP contribution in [-0.2, 0) is 23.1 Å². The Labute approximate surface area is 197 Å². The molecule has 0 aliphatic carbocycles. The van der Waals surface area contributed by atoms with Gasteiger partial charge >= 0.3 is 12.0 Å². The molecule has 4 rings (SSSR count). The normalized spacial score (nSPS) is 16.6. The lowest BCUT2D eigenvalue weighted by molar-refractivity contribution is -0.144. The predicted molar refractivity (Wildman–Crippen MR) is 123 cm³/mol. The predicted octanol–water partition coefficient (Wildman–Crippen LogP) is 1.67. The van der Waals surface area contributed by atoms with Gasteiger partial charge in [0.15, 0.2) is 11.2 Å². The summed E-state index contributed by atoms with van der Waals surface area (Å²) >= 11 is 0. The Bertz CT molecular complexity index is 1200. The number of hydrogen-bond donors (Lipinski definition) is 1.